The molecule has 1 atom stereocenters. The van der Waals surface area contributed by atoms with Crippen LogP contribution >= 0.6 is 23.2 Å². The lowest BCUT2D eigenvalue weighted by molar-refractivity contribution is 0.114. The molecule has 2 aliphatic rings. The smallest absolute Gasteiger partial charge is 0.317 e. The average molecular weight is 371 g/mol. The largest absolute Gasteiger partial charge is 0.334 e. The molecule has 0 spiro atoms. The summed E-state index contributed by atoms with van der Waals surface area (Å²) in [4.78, 5) is 19.2. The maximum atomic E-state index is 12.4. The SMILES string of the molecule is CN1CCN([C@H]2CCN(C(=O)NCc3cc(Cl)ccc3Cl)C2)CC1. The molecule has 2 aliphatic heterocycles. The minimum Gasteiger partial charge on any atom is -0.334 e. The summed E-state index contributed by atoms with van der Waals surface area (Å²) in [6.07, 6.45) is 1.05. The van der Waals surface area contributed by atoms with Crippen LogP contribution in [0.25, 0.3) is 0 Å². The fourth-order valence-electron chi connectivity index (χ4n) is 3.37. The number of urea groups is 1. The molecule has 5 nitrogen and oxygen atoms in total. The average Bonchev–Trinajstić information content (AvgIpc) is 3.06. The molecule has 0 aliphatic carbocycles. The summed E-state index contributed by atoms with van der Waals surface area (Å²) in [5.74, 6) is 0. The standard InChI is InChI=1S/C17H24Cl2N4O/c1-21-6-8-22(9-7-21)15-4-5-23(12-15)17(24)20-11-13-10-14(18)2-3-16(13)19/h2-3,10,15H,4-9,11-12H2,1H3,(H,20,24)/t15-/m0/s1. The fourth-order valence-corrected chi connectivity index (χ4v) is 3.75. The predicted octanol–water partition coefficient (Wildman–Crippen LogP) is 2.52. The van der Waals surface area contributed by atoms with Gasteiger partial charge in [0, 0.05) is 61.9 Å². The maximum Gasteiger partial charge on any atom is 0.317 e. The lowest BCUT2D eigenvalue weighted by atomic mass is 10.2. The van der Waals surface area contributed by atoms with Crippen molar-refractivity contribution in [1.82, 2.24) is 20.0 Å². The van der Waals surface area contributed by atoms with Crippen LogP contribution in [0, 0.1) is 0 Å². The number of benzene rings is 1. The van der Waals surface area contributed by atoms with Crippen molar-refractivity contribution >= 4 is 29.2 Å². The van der Waals surface area contributed by atoms with Crippen LogP contribution in [0.1, 0.15) is 12.0 Å². The predicted molar refractivity (Wildman–Crippen MR) is 97.7 cm³/mol. The highest BCUT2D eigenvalue weighted by atomic mass is 35.5. The summed E-state index contributed by atoms with van der Waals surface area (Å²) >= 11 is 12.1. The molecule has 1 aromatic rings. The van der Waals surface area contributed by atoms with Crippen LogP contribution in [0.3, 0.4) is 0 Å². The summed E-state index contributed by atoms with van der Waals surface area (Å²) < 4.78 is 0. The first kappa shape index (κ1) is 17.8. The first-order chi connectivity index (χ1) is 11.5. The Morgan fingerprint density at radius 2 is 1.96 bits per heavy atom. The molecule has 3 rings (SSSR count). The molecule has 7 heteroatoms. The van der Waals surface area contributed by atoms with E-state index in [0.29, 0.717) is 22.6 Å². The van der Waals surface area contributed by atoms with E-state index in [4.69, 9.17) is 23.2 Å². The monoisotopic (exact) mass is 370 g/mol. The van der Waals surface area contributed by atoms with E-state index in [9.17, 15) is 4.79 Å². The van der Waals surface area contributed by atoms with Gasteiger partial charge in [-0.3, -0.25) is 4.90 Å². The number of nitrogens with one attached hydrogen (secondary N) is 1. The zero-order valence-corrected chi connectivity index (χ0v) is 15.5. The van der Waals surface area contributed by atoms with Gasteiger partial charge in [0.1, 0.15) is 0 Å². The summed E-state index contributed by atoms with van der Waals surface area (Å²) in [6.45, 7) is 6.41. The van der Waals surface area contributed by atoms with Crippen molar-refractivity contribution in [3.8, 4) is 0 Å². The van der Waals surface area contributed by atoms with Crippen molar-refractivity contribution in [2.24, 2.45) is 0 Å². The van der Waals surface area contributed by atoms with Gasteiger partial charge in [-0.15, -0.1) is 0 Å². The molecule has 24 heavy (non-hydrogen) atoms. The molecule has 0 unspecified atom stereocenters. The van der Waals surface area contributed by atoms with Crippen LogP contribution in [0.2, 0.25) is 10.0 Å². The highest BCUT2D eigenvalue weighted by Crippen LogP contribution is 2.21. The van der Waals surface area contributed by atoms with Gasteiger partial charge in [-0.05, 0) is 37.2 Å². The molecule has 2 saturated heterocycles. The normalized spacial score (nSPS) is 22.8. The maximum absolute atomic E-state index is 12.4. The Balaban J connectivity index is 1.49. The first-order valence-electron chi connectivity index (χ1n) is 8.42. The van der Waals surface area contributed by atoms with Crippen LogP contribution in [0.15, 0.2) is 18.2 Å². The number of hydrogen-bond donors (Lipinski definition) is 1. The fraction of sp³-hybridized carbons (Fsp3) is 0.588. The van der Waals surface area contributed by atoms with Gasteiger partial charge in [0.05, 0.1) is 0 Å². The van der Waals surface area contributed by atoms with Crippen LogP contribution in [-0.4, -0.2) is 73.1 Å². The Kier molecular flexibility index (Phi) is 5.87. The van der Waals surface area contributed by atoms with Crippen LogP contribution in [-0.2, 0) is 6.54 Å². The Bertz CT molecular complexity index is 590. The van der Waals surface area contributed by atoms with Crippen LogP contribution in [0.4, 0.5) is 4.79 Å². The number of likely N-dealkylation sites (tertiary alicyclic amines) is 1. The molecule has 2 fully saturated rings. The molecule has 0 saturated carbocycles. The molecule has 0 radical (unpaired) electrons. The number of amides is 2. The van der Waals surface area contributed by atoms with Crippen LogP contribution < -0.4 is 5.32 Å². The Morgan fingerprint density at radius 3 is 2.71 bits per heavy atom. The number of hydrogen-bond acceptors (Lipinski definition) is 3. The van der Waals surface area contributed by atoms with E-state index in [-0.39, 0.29) is 6.03 Å². The lowest BCUT2D eigenvalue weighted by Crippen LogP contribution is -2.50. The molecule has 2 heterocycles. The third-order valence-corrected chi connectivity index (χ3v) is 5.55. The highest BCUT2D eigenvalue weighted by Gasteiger charge is 2.31. The minimum atomic E-state index is -0.0253. The van der Waals surface area contributed by atoms with E-state index >= 15 is 0 Å². The number of likely N-dealkylation sites (N-methyl/N-ethyl adjacent to an activating group) is 1. The summed E-state index contributed by atoms with van der Waals surface area (Å²) in [7, 11) is 2.16. The molecule has 1 aromatic carbocycles. The number of rotatable bonds is 3. The van der Waals surface area contributed by atoms with E-state index in [1.807, 2.05) is 4.90 Å². The Morgan fingerprint density at radius 1 is 1.21 bits per heavy atom. The molecular formula is C17H24Cl2N4O. The van der Waals surface area contributed by atoms with Gasteiger partial charge in [0.2, 0.25) is 0 Å². The lowest BCUT2D eigenvalue weighted by Gasteiger charge is -2.36. The number of nitrogens with zero attached hydrogens (tertiary/aromatic N) is 3. The highest BCUT2D eigenvalue weighted by molar-refractivity contribution is 6.33. The van der Waals surface area contributed by atoms with Crippen LogP contribution in [0.5, 0.6) is 0 Å². The van der Waals surface area contributed by atoms with E-state index in [1.54, 1.807) is 18.2 Å². The molecule has 1 N–H and O–H groups in total. The topological polar surface area (TPSA) is 38.8 Å². The third kappa shape index (κ3) is 4.33. The number of carbonyl (C=O) groups is 1. The first-order valence-corrected chi connectivity index (χ1v) is 9.18. The van der Waals surface area contributed by atoms with E-state index in [0.717, 1.165) is 51.3 Å². The van der Waals surface area contributed by atoms with E-state index in [1.165, 1.54) is 0 Å². The molecule has 0 aromatic heterocycles. The van der Waals surface area contributed by atoms with Crippen molar-refractivity contribution < 1.29 is 4.79 Å². The zero-order valence-electron chi connectivity index (χ0n) is 14.0. The van der Waals surface area contributed by atoms with Gasteiger partial charge in [-0.1, -0.05) is 23.2 Å². The van der Waals surface area contributed by atoms with Gasteiger partial charge >= 0.3 is 6.03 Å². The second kappa shape index (κ2) is 7.91. The van der Waals surface area contributed by atoms with Crippen molar-refractivity contribution in [3.63, 3.8) is 0 Å². The second-order valence-electron chi connectivity index (χ2n) is 6.62. The summed E-state index contributed by atoms with van der Waals surface area (Å²) in [6, 6.07) is 5.75. The number of carbonyl (C=O) groups excluding carboxylic acids is 1. The number of halogens is 2. The van der Waals surface area contributed by atoms with Gasteiger partial charge in [-0.25, -0.2) is 4.79 Å². The molecule has 2 amide bonds. The summed E-state index contributed by atoms with van der Waals surface area (Å²) in [5, 5.41) is 4.20. The second-order valence-corrected chi connectivity index (χ2v) is 7.47. The third-order valence-electron chi connectivity index (χ3n) is 4.94. The molecule has 132 valence electrons. The van der Waals surface area contributed by atoms with Gasteiger partial charge < -0.3 is 15.1 Å². The minimum absolute atomic E-state index is 0.0253. The van der Waals surface area contributed by atoms with E-state index in [2.05, 4.69) is 22.2 Å². The Labute approximate surface area is 153 Å². The zero-order chi connectivity index (χ0) is 17.1. The van der Waals surface area contributed by atoms with Crippen molar-refractivity contribution in [2.45, 2.75) is 19.0 Å². The Hall–Kier alpha value is -1.01. The van der Waals surface area contributed by atoms with E-state index < -0.39 is 0 Å². The summed E-state index contributed by atoms with van der Waals surface area (Å²) in [5.41, 5.74) is 0.840. The van der Waals surface area contributed by atoms with Crippen molar-refractivity contribution in [3.05, 3.63) is 33.8 Å². The van der Waals surface area contributed by atoms with Gasteiger partial charge in [0.15, 0.2) is 0 Å². The molecule has 0 bridgehead atoms. The van der Waals surface area contributed by atoms with Gasteiger partial charge in [-0.2, -0.15) is 0 Å². The number of piperazine rings is 1. The van der Waals surface area contributed by atoms with Crippen molar-refractivity contribution in [2.75, 3.05) is 46.3 Å². The van der Waals surface area contributed by atoms with Crippen molar-refractivity contribution in [1.29, 1.82) is 0 Å². The quantitative estimate of drug-likeness (QED) is 0.888. The van der Waals surface area contributed by atoms with Gasteiger partial charge in [0.25, 0.3) is 0 Å². The molecular weight excluding hydrogens is 347 g/mol.